The third kappa shape index (κ3) is 20.7. The SMILES string of the molecule is CCCCCCCCCCCCCOCCOCCOCCNC(=O)OCc1ccccc1. The molecule has 0 aliphatic carbocycles. The maximum Gasteiger partial charge on any atom is 0.407 e. The van der Waals surface area contributed by atoms with Gasteiger partial charge < -0.3 is 24.3 Å². The summed E-state index contributed by atoms with van der Waals surface area (Å²) in [5.74, 6) is 0. The fraction of sp³-hybridized carbons (Fsp3) is 0.741. The largest absolute Gasteiger partial charge is 0.445 e. The van der Waals surface area contributed by atoms with E-state index in [1.54, 1.807) is 0 Å². The molecule has 0 aliphatic rings. The molecule has 0 saturated heterocycles. The molecule has 0 heterocycles. The predicted octanol–water partition coefficient (Wildman–Crippen LogP) is 6.27. The number of rotatable bonds is 23. The first-order valence-electron chi connectivity index (χ1n) is 13.0. The van der Waals surface area contributed by atoms with Gasteiger partial charge in [0, 0.05) is 13.2 Å². The van der Waals surface area contributed by atoms with Crippen LogP contribution < -0.4 is 5.32 Å². The van der Waals surface area contributed by atoms with Crippen LogP contribution in [0.25, 0.3) is 0 Å². The van der Waals surface area contributed by atoms with Crippen molar-refractivity contribution in [3.05, 3.63) is 35.9 Å². The highest BCUT2D eigenvalue weighted by Crippen LogP contribution is 2.11. The van der Waals surface area contributed by atoms with Gasteiger partial charge >= 0.3 is 6.09 Å². The summed E-state index contributed by atoms with van der Waals surface area (Å²) in [6.07, 6.45) is 14.4. The molecule has 0 bridgehead atoms. The number of ether oxygens (including phenoxy) is 4. The van der Waals surface area contributed by atoms with E-state index in [1.807, 2.05) is 30.3 Å². The third-order valence-corrected chi connectivity index (χ3v) is 5.36. The van der Waals surface area contributed by atoms with E-state index in [0.29, 0.717) is 39.6 Å². The number of hydrogen-bond acceptors (Lipinski definition) is 5. The van der Waals surface area contributed by atoms with Gasteiger partial charge in [0.15, 0.2) is 0 Å². The summed E-state index contributed by atoms with van der Waals surface area (Å²) in [5.41, 5.74) is 0.962. The Labute approximate surface area is 201 Å². The highest BCUT2D eigenvalue weighted by Gasteiger charge is 2.01. The van der Waals surface area contributed by atoms with Crippen molar-refractivity contribution in [2.45, 2.75) is 84.2 Å². The van der Waals surface area contributed by atoms with Crippen LogP contribution in [0.2, 0.25) is 0 Å². The van der Waals surface area contributed by atoms with Crippen molar-refractivity contribution in [2.24, 2.45) is 0 Å². The van der Waals surface area contributed by atoms with Crippen LogP contribution in [0.3, 0.4) is 0 Å². The summed E-state index contributed by atoms with van der Waals surface area (Å²) in [6, 6.07) is 9.59. The Hall–Kier alpha value is -1.63. The van der Waals surface area contributed by atoms with E-state index in [2.05, 4.69) is 12.2 Å². The zero-order valence-corrected chi connectivity index (χ0v) is 20.9. The van der Waals surface area contributed by atoms with Crippen LogP contribution in [0, 0.1) is 0 Å². The lowest BCUT2D eigenvalue weighted by atomic mass is 10.1. The van der Waals surface area contributed by atoms with Crippen LogP contribution in [0.4, 0.5) is 4.79 Å². The van der Waals surface area contributed by atoms with Gasteiger partial charge in [-0.3, -0.25) is 0 Å². The number of benzene rings is 1. The van der Waals surface area contributed by atoms with Gasteiger partial charge in [-0.05, 0) is 12.0 Å². The van der Waals surface area contributed by atoms with Crippen molar-refractivity contribution in [1.29, 1.82) is 0 Å². The molecule has 33 heavy (non-hydrogen) atoms. The lowest BCUT2D eigenvalue weighted by Crippen LogP contribution is -2.28. The number of unbranched alkanes of at least 4 members (excludes halogenated alkanes) is 10. The van der Waals surface area contributed by atoms with Crippen molar-refractivity contribution >= 4 is 6.09 Å². The highest BCUT2D eigenvalue weighted by molar-refractivity contribution is 5.67. The van der Waals surface area contributed by atoms with Crippen LogP contribution in [0.5, 0.6) is 0 Å². The zero-order chi connectivity index (χ0) is 23.7. The Kier molecular flexibility index (Phi) is 21.0. The highest BCUT2D eigenvalue weighted by atomic mass is 16.6. The van der Waals surface area contributed by atoms with E-state index in [9.17, 15) is 4.79 Å². The Balaban J connectivity index is 1.70. The Morgan fingerprint density at radius 1 is 0.667 bits per heavy atom. The molecule has 1 rings (SSSR count). The maximum atomic E-state index is 11.6. The smallest absolute Gasteiger partial charge is 0.407 e. The van der Waals surface area contributed by atoms with Gasteiger partial charge in [0.2, 0.25) is 0 Å². The summed E-state index contributed by atoms with van der Waals surface area (Å²) in [5, 5.41) is 2.66. The Bertz CT molecular complexity index is 541. The number of carbonyl (C=O) groups excluding carboxylic acids is 1. The number of alkyl carbamates (subject to hydrolysis) is 1. The number of carbonyl (C=O) groups is 1. The first-order valence-corrected chi connectivity index (χ1v) is 13.0. The van der Waals surface area contributed by atoms with Gasteiger partial charge in [-0.1, -0.05) is 101 Å². The molecule has 1 amide bonds. The van der Waals surface area contributed by atoms with E-state index in [0.717, 1.165) is 18.6 Å². The van der Waals surface area contributed by atoms with Crippen LogP contribution in [-0.2, 0) is 25.6 Å². The average Bonchev–Trinajstić information content (AvgIpc) is 2.84. The molecule has 0 radical (unpaired) electrons. The van der Waals surface area contributed by atoms with Crippen molar-refractivity contribution in [2.75, 3.05) is 46.2 Å². The first-order chi connectivity index (χ1) is 16.3. The fourth-order valence-corrected chi connectivity index (χ4v) is 3.41. The second kappa shape index (κ2) is 23.5. The van der Waals surface area contributed by atoms with Crippen molar-refractivity contribution in [3.8, 4) is 0 Å². The minimum Gasteiger partial charge on any atom is -0.445 e. The van der Waals surface area contributed by atoms with E-state index >= 15 is 0 Å². The molecule has 190 valence electrons. The van der Waals surface area contributed by atoms with E-state index in [1.165, 1.54) is 64.2 Å². The molecular formula is C27H47NO5. The molecule has 0 saturated carbocycles. The van der Waals surface area contributed by atoms with Gasteiger partial charge in [-0.15, -0.1) is 0 Å². The first kappa shape index (κ1) is 29.4. The second-order valence-corrected chi connectivity index (χ2v) is 8.36. The molecular weight excluding hydrogens is 418 g/mol. The minimum absolute atomic E-state index is 0.267. The zero-order valence-electron chi connectivity index (χ0n) is 20.9. The molecule has 0 fully saturated rings. The summed E-state index contributed by atoms with van der Waals surface area (Å²) in [4.78, 5) is 11.6. The summed E-state index contributed by atoms with van der Waals surface area (Å²) >= 11 is 0. The number of nitrogens with one attached hydrogen (secondary N) is 1. The molecule has 6 nitrogen and oxygen atoms in total. The van der Waals surface area contributed by atoms with Gasteiger partial charge in [0.1, 0.15) is 6.61 Å². The molecule has 0 aliphatic heterocycles. The van der Waals surface area contributed by atoms with Crippen molar-refractivity contribution < 1.29 is 23.7 Å². The maximum absolute atomic E-state index is 11.6. The van der Waals surface area contributed by atoms with Crippen molar-refractivity contribution in [1.82, 2.24) is 5.32 Å². The van der Waals surface area contributed by atoms with Gasteiger partial charge in [-0.2, -0.15) is 0 Å². The second-order valence-electron chi connectivity index (χ2n) is 8.36. The molecule has 0 spiro atoms. The fourth-order valence-electron chi connectivity index (χ4n) is 3.41. The van der Waals surface area contributed by atoms with E-state index in [4.69, 9.17) is 18.9 Å². The quantitative estimate of drug-likeness (QED) is 0.193. The van der Waals surface area contributed by atoms with E-state index < -0.39 is 6.09 Å². The monoisotopic (exact) mass is 465 g/mol. The summed E-state index contributed by atoms with van der Waals surface area (Å²) in [7, 11) is 0. The molecule has 6 heteroatoms. The Morgan fingerprint density at radius 3 is 1.79 bits per heavy atom. The summed E-state index contributed by atoms with van der Waals surface area (Å²) < 4.78 is 21.7. The van der Waals surface area contributed by atoms with Crippen LogP contribution in [-0.4, -0.2) is 52.3 Å². The standard InChI is InChI=1S/C27H47NO5/c1-2-3-4-5-6-7-8-9-10-11-15-19-30-21-23-32-24-22-31-20-18-28-27(29)33-25-26-16-13-12-14-17-26/h12-14,16-17H,2-11,15,18-25H2,1H3,(H,28,29). The molecule has 1 N–H and O–H groups in total. The van der Waals surface area contributed by atoms with Gasteiger partial charge in [0.25, 0.3) is 0 Å². The average molecular weight is 466 g/mol. The molecule has 0 atom stereocenters. The molecule has 0 unspecified atom stereocenters. The topological polar surface area (TPSA) is 66.0 Å². The lowest BCUT2D eigenvalue weighted by molar-refractivity contribution is 0.0143. The van der Waals surface area contributed by atoms with Gasteiger partial charge in [-0.25, -0.2) is 4.79 Å². The number of amides is 1. The number of hydrogen-bond donors (Lipinski definition) is 1. The lowest BCUT2D eigenvalue weighted by Gasteiger charge is -2.08. The van der Waals surface area contributed by atoms with Crippen molar-refractivity contribution in [3.63, 3.8) is 0 Å². The molecule has 1 aromatic carbocycles. The normalized spacial score (nSPS) is 10.9. The predicted molar refractivity (Wildman–Crippen MR) is 134 cm³/mol. The molecule has 0 aromatic heterocycles. The third-order valence-electron chi connectivity index (χ3n) is 5.36. The minimum atomic E-state index is -0.436. The van der Waals surface area contributed by atoms with E-state index in [-0.39, 0.29) is 6.61 Å². The molecule has 1 aromatic rings. The van der Waals surface area contributed by atoms with Crippen LogP contribution in [0.1, 0.15) is 83.1 Å². The summed E-state index contributed by atoms with van der Waals surface area (Å²) in [6.45, 7) is 6.45. The Morgan fingerprint density at radius 2 is 1.18 bits per heavy atom. The van der Waals surface area contributed by atoms with Crippen LogP contribution in [0.15, 0.2) is 30.3 Å². The van der Waals surface area contributed by atoms with Crippen LogP contribution >= 0.6 is 0 Å². The van der Waals surface area contributed by atoms with Gasteiger partial charge in [0.05, 0.1) is 33.0 Å².